The molecule has 0 bridgehead atoms. The van der Waals surface area contributed by atoms with E-state index in [4.69, 9.17) is 23.2 Å². The van der Waals surface area contributed by atoms with E-state index >= 15 is 0 Å². The molecule has 21 heavy (non-hydrogen) atoms. The molecule has 1 aromatic carbocycles. The second kappa shape index (κ2) is 5.66. The molecule has 0 amide bonds. The molecule has 0 aliphatic heterocycles. The van der Waals surface area contributed by atoms with Crippen molar-refractivity contribution >= 4 is 29.2 Å². The van der Waals surface area contributed by atoms with E-state index < -0.39 is 11.4 Å². The Bertz CT molecular complexity index is 706. The van der Waals surface area contributed by atoms with E-state index in [9.17, 15) is 9.90 Å². The molecule has 0 radical (unpaired) electrons. The summed E-state index contributed by atoms with van der Waals surface area (Å²) in [5.41, 5.74) is 1.62. The first kappa shape index (κ1) is 15.8. The van der Waals surface area contributed by atoms with E-state index in [1.807, 2.05) is 26.8 Å². The van der Waals surface area contributed by atoms with Crippen molar-refractivity contribution in [3.05, 3.63) is 51.6 Å². The predicted octanol–water partition coefficient (Wildman–Crippen LogP) is 5.05. The number of aromatic carboxylic acids is 1. The van der Waals surface area contributed by atoms with Crippen molar-refractivity contribution in [1.29, 1.82) is 0 Å². The molecule has 1 heterocycles. The number of carbonyl (C=O) groups is 1. The van der Waals surface area contributed by atoms with Crippen LogP contribution in [-0.2, 0) is 5.41 Å². The van der Waals surface area contributed by atoms with E-state index in [1.54, 1.807) is 24.3 Å². The second-order valence-electron chi connectivity index (χ2n) is 5.75. The van der Waals surface area contributed by atoms with Crippen molar-refractivity contribution in [2.45, 2.75) is 26.2 Å². The van der Waals surface area contributed by atoms with Crippen molar-refractivity contribution in [3.8, 4) is 11.3 Å². The van der Waals surface area contributed by atoms with Crippen molar-refractivity contribution < 1.29 is 9.90 Å². The van der Waals surface area contributed by atoms with Gasteiger partial charge >= 0.3 is 5.97 Å². The lowest BCUT2D eigenvalue weighted by molar-refractivity contribution is 0.0693. The van der Waals surface area contributed by atoms with Gasteiger partial charge in [0.2, 0.25) is 0 Å². The van der Waals surface area contributed by atoms with Crippen molar-refractivity contribution in [2.24, 2.45) is 0 Å². The number of aromatic nitrogens is 1. The van der Waals surface area contributed by atoms with E-state index in [1.165, 1.54) is 0 Å². The lowest BCUT2D eigenvalue weighted by Crippen LogP contribution is -2.19. The van der Waals surface area contributed by atoms with Gasteiger partial charge in [0, 0.05) is 11.0 Å². The summed E-state index contributed by atoms with van der Waals surface area (Å²) in [6.07, 6.45) is 0. The number of hydrogen-bond acceptors (Lipinski definition) is 2. The Morgan fingerprint density at radius 1 is 1.14 bits per heavy atom. The molecule has 0 aliphatic carbocycles. The number of carboxylic acid groups (broad SMARTS) is 1. The predicted molar refractivity (Wildman–Crippen MR) is 85.4 cm³/mol. The lowest BCUT2D eigenvalue weighted by Gasteiger charge is -2.21. The van der Waals surface area contributed by atoms with Gasteiger partial charge in [0.1, 0.15) is 0 Å². The van der Waals surface area contributed by atoms with E-state index in [2.05, 4.69) is 4.98 Å². The van der Waals surface area contributed by atoms with Gasteiger partial charge < -0.3 is 5.11 Å². The SMILES string of the molecule is CC(C)(C)c1nc(-c2cccc(Cl)c2Cl)ccc1C(=O)O. The third-order valence-electron chi connectivity index (χ3n) is 3.06. The van der Waals surface area contributed by atoms with Gasteiger partial charge in [0.05, 0.1) is 27.0 Å². The Morgan fingerprint density at radius 2 is 1.81 bits per heavy atom. The number of hydrogen-bond donors (Lipinski definition) is 1. The Labute approximate surface area is 133 Å². The molecule has 2 rings (SSSR count). The van der Waals surface area contributed by atoms with E-state index in [-0.39, 0.29) is 5.56 Å². The number of carboxylic acids is 1. The molecule has 3 nitrogen and oxygen atoms in total. The first-order valence-electron chi connectivity index (χ1n) is 6.41. The van der Waals surface area contributed by atoms with Gasteiger partial charge in [-0.25, -0.2) is 4.79 Å². The zero-order valence-electron chi connectivity index (χ0n) is 11.9. The van der Waals surface area contributed by atoms with Crippen molar-refractivity contribution in [1.82, 2.24) is 4.98 Å². The number of halogens is 2. The van der Waals surface area contributed by atoms with Gasteiger partial charge in [-0.1, -0.05) is 56.1 Å². The van der Waals surface area contributed by atoms with Gasteiger partial charge in [-0.15, -0.1) is 0 Å². The fourth-order valence-electron chi connectivity index (χ4n) is 2.06. The quantitative estimate of drug-likeness (QED) is 0.841. The van der Waals surface area contributed by atoms with Crippen LogP contribution in [0.4, 0.5) is 0 Å². The molecule has 5 heteroatoms. The monoisotopic (exact) mass is 323 g/mol. The minimum Gasteiger partial charge on any atom is -0.478 e. The summed E-state index contributed by atoms with van der Waals surface area (Å²) in [6.45, 7) is 5.77. The summed E-state index contributed by atoms with van der Waals surface area (Å²) in [7, 11) is 0. The molecular formula is C16H15Cl2NO2. The highest BCUT2D eigenvalue weighted by atomic mass is 35.5. The van der Waals surface area contributed by atoms with Crippen LogP contribution in [0.2, 0.25) is 10.0 Å². The van der Waals surface area contributed by atoms with Crippen LogP contribution in [0, 0.1) is 0 Å². The van der Waals surface area contributed by atoms with Crippen LogP contribution >= 0.6 is 23.2 Å². The summed E-state index contributed by atoms with van der Waals surface area (Å²) in [5.74, 6) is -0.990. The molecule has 1 aromatic heterocycles. The van der Waals surface area contributed by atoms with Crippen LogP contribution in [0.3, 0.4) is 0 Å². The Kier molecular flexibility index (Phi) is 4.26. The standard InChI is InChI=1S/C16H15Cl2NO2/c1-16(2,3)14-10(15(20)21)7-8-12(19-14)9-5-4-6-11(17)13(9)18/h4-8H,1-3H3,(H,20,21). The van der Waals surface area contributed by atoms with Gasteiger partial charge in [0.25, 0.3) is 0 Å². The average molecular weight is 324 g/mol. The summed E-state index contributed by atoms with van der Waals surface area (Å²) in [5, 5.41) is 10.2. The van der Waals surface area contributed by atoms with Crippen LogP contribution in [-0.4, -0.2) is 16.1 Å². The van der Waals surface area contributed by atoms with Crippen LogP contribution in [0.1, 0.15) is 36.8 Å². The minimum absolute atomic E-state index is 0.199. The number of benzene rings is 1. The molecule has 0 spiro atoms. The molecule has 0 fully saturated rings. The zero-order chi connectivity index (χ0) is 15.8. The van der Waals surface area contributed by atoms with Gasteiger partial charge in [0.15, 0.2) is 0 Å². The summed E-state index contributed by atoms with van der Waals surface area (Å²) in [4.78, 5) is 15.9. The largest absolute Gasteiger partial charge is 0.478 e. The first-order valence-corrected chi connectivity index (χ1v) is 7.16. The van der Waals surface area contributed by atoms with Crippen LogP contribution in [0.5, 0.6) is 0 Å². The normalized spacial score (nSPS) is 11.5. The zero-order valence-corrected chi connectivity index (χ0v) is 13.5. The van der Waals surface area contributed by atoms with Crippen LogP contribution < -0.4 is 0 Å². The highest BCUT2D eigenvalue weighted by Gasteiger charge is 2.24. The minimum atomic E-state index is -0.990. The fraction of sp³-hybridized carbons (Fsp3) is 0.250. The molecular weight excluding hydrogens is 309 g/mol. The highest BCUT2D eigenvalue weighted by Crippen LogP contribution is 2.34. The van der Waals surface area contributed by atoms with Gasteiger partial charge in [-0.3, -0.25) is 4.98 Å². The topological polar surface area (TPSA) is 50.2 Å². The van der Waals surface area contributed by atoms with Crippen molar-refractivity contribution in [2.75, 3.05) is 0 Å². The molecule has 110 valence electrons. The Balaban J connectivity index is 2.68. The fourth-order valence-corrected chi connectivity index (χ4v) is 2.45. The third-order valence-corrected chi connectivity index (χ3v) is 3.88. The molecule has 0 aliphatic rings. The maximum atomic E-state index is 11.4. The molecule has 0 unspecified atom stereocenters. The molecule has 0 atom stereocenters. The molecule has 2 aromatic rings. The third kappa shape index (κ3) is 3.20. The van der Waals surface area contributed by atoms with Crippen LogP contribution in [0.25, 0.3) is 11.3 Å². The lowest BCUT2D eigenvalue weighted by atomic mass is 9.88. The second-order valence-corrected chi connectivity index (χ2v) is 6.53. The average Bonchev–Trinajstić information content (AvgIpc) is 2.40. The van der Waals surface area contributed by atoms with E-state index in [0.717, 1.165) is 0 Å². The van der Waals surface area contributed by atoms with Crippen LogP contribution in [0.15, 0.2) is 30.3 Å². The van der Waals surface area contributed by atoms with Gasteiger partial charge in [-0.2, -0.15) is 0 Å². The summed E-state index contributed by atoms with van der Waals surface area (Å²) < 4.78 is 0. The Morgan fingerprint density at radius 3 is 2.38 bits per heavy atom. The summed E-state index contributed by atoms with van der Waals surface area (Å²) >= 11 is 12.2. The number of nitrogens with zero attached hydrogens (tertiary/aromatic N) is 1. The molecule has 1 N–H and O–H groups in total. The van der Waals surface area contributed by atoms with E-state index in [0.29, 0.717) is 27.0 Å². The molecule has 0 saturated heterocycles. The van der Waals surface area contributed by atoms with Crippen molar-refractivity contribution in [3.63, 3.8) is 0 Å². The molecule has 0 saturated carbocycles. The van der Waals surface area contributed by atoms with Gasteiger partial charge in [-0.05, 0) is 18.2 Å². The number of rotatable bonds is 2. The first-order chi connectivity index (χ1) is 9.71. The highest BCUT2D eigenvalue weighted by molar-refractivity contribution is 6.43. The smallest absolute Gasteiger partial charge is 0.337 e. The maximum absolute atomic E-state index is 11.4. The summed E-state index contributed by atoms with van der Waals surface area (Å²) in [6, 6.07) is 8.50. The number of pyridine rings is 1. The Hall–Kier alpha value is -1.58. The maximum Gasteiger partial charge on any atom is 0.337 e.